The van der Waals surface area contributed by atoms with Crippen LogP contribution in [0.5, 0.6) is 11.5 Å². The summed E-state index contributed by atoms with van der Waals surface area (Å²) in [5.41, 5.74) is 3.09. The molecule has 25 heavy (non-hydrogen) atoms. The largest absolute Gasteiger partial charge is 0.507 e. The van der Waals surface area contributed by atoms with Crippen molar-refractivity contribution >= 4 is 23.2 Å². The molecule has 2 N–H and O–H groups in total. The zero-order chi connectivity index (χ0) is 18.7. The molecule has 2 aromatic carbocycles. The molecule has 2 rings (SSSR count). The monoisotopic (exact) mass is 380 g/mol. The van der Waals surface area contributed by atoms with Gasteiger partial charge in [-0.05, 0) is 60.1 Å². The third-order valence-corrected chi connectivity index (χ3v) is 5.47. The van der Waals surface area contributed by atoms with E-state index in [1.54, 1.807) is 12.1 Å². The standard InChI is InChI=1S/C21H26Cl2O2/c1-5-12(3)18-10-16(22)8-14(20(18)24)7-15-9-17(23)11-19(21(15)25)13(4)6-2/h8-13,24-25H,5-7H2,1-4H3. The van der Waals surface area contributed by atoms with Gasteiger partial charge < -0.3 is 10.2 Å². The van der Waals surface area contributed by atoms with Crippen LogP contribution in [0.25, 0.3) is 0 Å². The fourth-order valence-electron chi connectivity index (χ4n) is 3.02. The summed E-state index contributed by atoms with van der Waals surface area (Å²) in [4.78, 5) is 0. The molecule has 2 unspecified atom stereocenters. The summed E-state index contributed by atoms with van der Waals surface area (Å²) in [6, 6.07) is 7.14. The molecule has 0 amide bonds. The first-order valence-corrected chi connectivity index (χ1v) is 9.56. The van der Waals surface area contributed by atoms with E-state index in [0.29, 0.717) is 27.6 Å². The second kappa shape index (κ2) is 8.33. The predicted octanol–water partition coefficient (Wildman–Crippen LogP) is 7.02. The van der Waals surface area contributed by atoms with Gasteiger partial charge >= 0.3 is 0 Å². The number of hydrogen-bond donors (Lipinski definition) is 2. The first-order chi connectivity index (χ1) is 11.8. The molecular formula is C21H26Cl2O2. The Kier molecular flexibility index (Phi) is 6.65. The van der Waals surface area contributed by atoms with Crippen LogP contribution in [0.3, 0.4) is 0 Å². The number of halogens is 2. The van der Waals surface area contributed by atoms with Gasteiger partial charge in [-0.15, -0.1) is 0 Å². The van der Waals surface area contributed by atoms with Crippen LogP contribution in [-0.2, 0) is 6.42 Å². The van der Waals surface area contributed by atoms with Crippen LogP contribution >= 0.6 is 23.2 Å². The van der Waals surface area contributed by atoms with Crippen molar-refractivity contribution in [3.8, 4) is 11.5 Å². The van der Waals surface area contributed by atoms with Crippen LogP contribution in [0.4, 0.5) is 0 Å². The van der Waals surface area contributed by atoms with Gasteiger partial charge in [0, 0.05) is 27.6 Å². The van der Waals surface area contributed by atoms with Crippen molar-refractivity contribution in [2.75, 3.05) is 0 Å². The Hall–Kier alpha value is -1.38. The summed E-state index contributed by atoms with van der Waals surface area (Å²) in [5, 5.41) is 22.6. The molecular weight excluding hydrogens is 355 g/mol. The highest BCUT2D eigenvalue weighted by Gasteiger charge is 2.18. The zero-order valence-corrected chi connectivity index (χ0v) is 16.7. The summed E-state index contributed by atoms with van der Waals surface area (Å²) in [6.45, 7) is 8.28. The van der Waals surface area contributed by atoms with E-state index in [-0.39, 0.29) is 23.3 Å². The molecule has 2 aromatic rings. The Bertz CT molecular complexity index is 693. The maximum atomic E-state index is 10.7. The summed E-state index contributed by atoms with van der Waals surface area (Å²) in [6.07, 6.45) is 2.20. The number of phenolic OH excluding ortho intramolecular Hbond substituents is 2. The third kappa shape index (κ3) is 4.43. The molecule has 0 saturated carbocycles. The minimum absolute atomic E-state index is 0.209. The van der Waals surface area contributed by atoms with Crippen molar-refractivity contribution < 1.29 is 10.2 Å². The Morgan fingerprint density at radius 3 is 1.44 bits per heavy atom. The van der Waals surface area contributed by atoms with Crippen LogP contribution in [0.1, 0.15) is 74.6 Å². The molecule has 0 bridgehead atoms. The molecule has 0 radical (unpaired) electrons. The lowest BCUT2D eigenvalue weighted by Crippen LogP contribution is -2.00. The average Bonchev–Trinajstić information content (AvgIpc) is 2.59. The summed E-state index contributed by atoms with van der Waals surface area (Å²) >= 11 is 12.5. The van der Waals surface area contributed by atoms with E-state index in [9.17, 15) is 10.2 Å². The lowest BCUT2D eigenvalue weighted by atomic mass is 9.91. The maximum absolute atomic E-state index is 10.7. The van der Waals surface area contributed by atoms with Crippen LogP contribution in [0, 0.1) is 0 Å². The minimum atomic E-state index is 0.209. The van der Waals surface area contributed by atoms with Gasteiger partial charge in [0.05, 0.1) is 0 Å². The molecule has 0 aliphatic carbocycles. The van der Waals surface area contributed by atoms with E-state index in [2.05, 4.69) is 27.7 Å². The third-order valence-electron chi connectivity index (χ3n) is 5.03. The minimum Gasteiger partial charge on any atom is -0.507 e. The lowest BCUT2D eigenvalue weighted by molar-refractivity contribution is 0.449. The van der Waals surface area contributed by atoms with Crippen molar-refractivity contribution in [3.63, 3.8) is 0 Å². The highest BCUT2D eigenvalue weighted by atomic mass is 35.5. The molecule has 2 nitrogen and oxygen atoms in total. The van der Waals surface area contributed by atoms with Gasteiger partial charge in [-0.3, -0.25) is 0 Å². The lowest BCUT2D eigenvalue weighted by Gasteiger charge is -2.18. The molecule has 0 aliphatic heterocycles. The number of rotatable bonds is 6. The quantitative estimate of drug-likeness (QED) is 0.564. The first-order valence-electron chi connectivity index (χ1n) is 8.80. The average molecular weight is 381 g/mol. The van der Waals surface area contributed by atoms with Crippen molar-refractivity contribution in [1.82, 2.24) is 0 Å². The Morgan fingerprint density at radius 1 is 0.760 bits per heavy atom. The van der Waals surface area contributed by atoms with Gasteiger partial charge in [-0.1, -0.05) is 50.9 Å². The fraction of sp³-hybridized carbons (Fsp3) is 0.429. The highest BCUT2D eigenvalue weighted by Crippen LogP contribution is 2.39. The van der Waals surface area contributed by atoms with E-state index in [0.717, 1.165) is 24.0 Å². The van der Waals surface area contributed by atoms with E-state index in [1.165, 1.54) is 0 Å². The number of benzene rings is 2. The SMILES string of the molecule is CCC(C)c1cc(Cl)cc(Cc2cc(Cl)cc(C(C)CC)c2O)c1O. The molecule has 0 fully saturated rings. The molecule has 0 aromatic heterocycles. The number of aromatic hydroxyl groups is 2. The second-order valence-electron chi connectivity index (χ2n) is 6.80. The second-order valence-corrected chi connectivity index (χ2v) is 7.67. The van der Waals surface area contributed by atoms with Gasteiger partial charge in [0.2, 0.25) is 0 Å². The van der Waals surface area contributed by atoms with Crippen molar-refractivity contribution in [3.05, 3.63) is 56.6 Å². The Balaban J connectivity index is 2.50. The smallest absolute Gasteiger partial charge is 0.122 e. The molecule has 0 saturated heterocycles. The summed E-state index contributed by atoms with van der Waals surface area (Å²) < 4.78 is 0. The van der Waals surface area contributed by atoms with E-state index >= 15 is 0 Å². The first kappa shape index (κ1) is 19.9. The van der Waals surface area contributed by atoms with E-state index < -0.39 is 0 Å². The maximum Gasteiger partial charge on any atom is 0.122 e. The molecule has 0 heterocycles. The fourth-order valence-corrected chi connectivity index (χ4v) is 3.52. The van der Waals surface area contributed by atoms with Gasteiger partial charge in [-0.2, -0.15) is 0 Å². The predicted molar refractivity (Wildman–Crippen MR) is 106 cm³/mol. The molecule has 2 atom stereocenters. The summed E-state index contributed by atoms with van der Waals surface area (Å²) in [5.74, 6) is 0.925. The van der Waals surface area contributed by atoms with Crippen molar-refractivity contribution in [2.24, 2.45) is 0 Å². The molecule has 0 aliphatic rings. The Morgan fingerprint density at radius 2 is 1.12 bits per heavy atom. The molecule has 136 valence electrons. The molecule has 0 spiro atoms. The topological polar surface area (TPSA) is 40.5 Å². The van der Waals surface area contributed by atoms with Crippen LogP contribution in [0.15, 0.2) is 24.3 Å². The van der Waals surface area contributed by atoms with Crippen molar-refractivity contribution in [2.45, 2.75) is 58.8 Å². The molecule has 4 heteroatoms. The van der Waals surface area contributed by atoms with Crippen LogP contribution in [-0.4, -0.2) is 10.2 Å². The highest BCUT2D eigenvalue weighted by molar-refractivity contribution is 6.31. The van der Waals surface area contributed by atoms with Gasteiger partial charge in [-0.25, -0.2) is 0 Å². The van der Waals surface area contributed by atoms with Gasteiger partial charge in [0.15, 0.2) is 0 Å². The van der Waals surface area contributed by atoms with Gasteiger partial charge in [0.1, 0.15) is 11.5 Å². The van der Waals surface area contributed by atoms with E-state index in [1.807, 2.05) is 12.1 Å². The number of phenols is 2. The zero-order valence-electron chi connectivity index (χ0n) is 15.2. The van der Waals surface area contributed by atoms with Gasteiger partial charge in [0.25, 0.3) is 0 Å². The van der Waals surface area contributed by atoms with Crippen LogP contribution < -0.4 is 0 Å². The van der Waals surface area contributed by atoms with E-state index in [4.69, 9.17) is 23.2 Å². The summed E-state index contributed by atoms with van der Waals surface area (Å²) in [7, 11) is 0. The van der Waals surface area contributed by atoms with Crippen molar-refractivity contribution in [1.29, 1.82) is 0 Å². The number of hydrogen-bond acceptors (Lipinski definition) is 2. The Labute approximate surface area is 160 Å². The van der Waals surface area contributed by atoms with Crippen LogP contribution in [0.2, 0.25) is 10.0 Å². The normalized spacial score (nSPS) is 13.7.